The fourth-order valence-electron chi connectivity index (χ4n) is 4.70. The third kappa shape index (κ3) is 4.92. The third-order valence-electron chi connectivity index (χ3n) is 6.17. The number of anilines is 1. The van der Waals surface area contributed by atoms with Gasteiger partial charge >= 0.3 is 6.36 Å². The summed E-state index contributed by atoms with van der Waals surface area (Å²) in [5, 5.41) is 0.820. The fourth-order valence-corrected chi connectivity index (χ4v) is 4.97. The molecule has 1 aliphatic heterocycles. The van der Waals surface area contributed by atoms with Gasteiger partial charge < -0.3 is 15.2 Å². The minimum atomic E-state index is -4.76. The fraction of sp³-hybridized carbons (Fsp3) is 0.375. The van der Waals surface area contributed by atoms with E-state index in [4.69, 9.17) is 17.3 Å². The van der Waals surface area contributed by atoms with Crippen LogP contribution >= 0.6 is 11.6 Å². The highest BCUT2D eigenvalue weighted by molar-refractivity contribution is 6.36. The van der Waals surface area contributed by atoms with Crippen LogP contribution in [0.2, 0.25) is 5.02 Å². The van der Waals surface area contributed by atoms with Gasteiger partial charge in [-0.3, -0.25) is 9.53 Å². The molecule has 2 heterocycles. The van der Waals surface area contributed by atoms with Gasteiger partial charge in [0.2, 0.25) is 0 Å². The number of nitrogens with two attached hydrogens (primary N) is 1. The van der Waals surface area contributed by atoms with E-state index in [-0.39, 0.29) is 24.9 Å². The molecule has 0 spiro atoms. The first-order chi connectivity index (χ1) is 16.2. The Hall–Kier alpha value is -2.62. The average molecular weight is 498 g/mol. The second-order valence-electron chi connectivity index (χ2n) is 8.24. The summed E-state index contributed by atoms with van der Waals surface area (Å²) in [6.07, 6.45) is -0.157. The number of fused-ring (bicyclic) bond motifs is 1. The third-order valence-corrected chi connectivity index (χ3v) is 6.47. The molecule has 1 aliphatic rings. The summed E-state index contributed by atoms with van der Waals surface area (Å²) in [5.74, 6) is -0.336. The second-order valence-corrected chi connectivity index (χ2v) is 8.65. The van der Waals surface area contributed by atoms with Gasteiger partial charge in [-0.2, -0.15) is 0 Å². The number of alkyl halides is 3. The van der Waals surface area contributed by atoms with Crippen molar-refractivity contribution >= 4 is 34.5 Å². The summed E-state index contributed by atoms with van der Waals surface area (Å²) in [4.78, 5) is 14.0. The van der Waals surface area contributed by atoms with Gasteiger partial charge in [0.25, 0.3) is 0 Å². The maximum Gasteiger partial charge on any atom is 0.522 e. The van der Waals surface area contributed by atoms with Gasteiger partial charge in [-0.1, -0.05) is 17.7 Å². The molecule has 1 saturated heterocycles. The molecule has 2 N–H and O–H groups in total. The maximum absolute atomic E-state index is 14.9. The Morgan fingerprint density at radius 2 is 2.00 bits per heavy atom. The Morgan fingerprint density at radius 3 is 2.71 bits per heavy atom. The van der Waals surface area contributed by atoms with Gasteiger partial charge in [-0.05, 0) is 49.1 Å². The van der Waals surface area contributed by atoms with E-state index in [2.05, 4.69) is 4.74 Å². The van der Waals surface area contributed by atoms with Crippen molar-refractivity contribution < 1.29 is 27.1 Å². The summed E-state index contributed by atoms with van der Waals surface area (Å²) in [6, 6.07) is 7.97. The summed E-state index contributed by atoms with van der Waals surface area (Å²) in [7, 11) is 0. The van der Waals surface area contributed by atoms with Crippen LogP contribution in [0.1, 0.15) is 46.8 Å². The summed E-state index contributed by atoms with van der Waals surface area (Å²) >= 11 is 6.44. The molecule has 0 bridgehead atoms. The van der Waals surface area contributed by atoms with Crippen LogP contribution in [0, 0.1) is 5.82 Å². The number of halogens is 5. The molecule has 10 heteroatoms. The van der Waals surface area contributed by atoms with E-state index < -0.39 is 13.0 Å². The van der Waals surface area contributed by atoms with E-state index >= 15 is 0 Å². The Kier molecular flexibility index (Phi) is 7.16. The summed E-state index contributed by atoms with van der Waals surface area (Å²) in [6.45, 7) is 0.122. The minimum absolute atomic E-state index is 0.149. The van der Waals surface area contributed by atoms with Crippen molar-refractivity contribution in [1.29, 1.82) is 0 Å². The van der Waals surface area contributed by atoms with Gasteiger partial charge in [0.1, 0.15) is 5.82 Å². The van der Waals surface area contributed by atoms with Gasteiger partial charge in [-0.25, -0.2) is 4.39 Å². The Balaban J connectivity index is 1.80. The Labute approximate surface area is 199 Å². The first-order valence-electron chi connectivity index (χ1n) is 11.0. The predicted octanol–water partition coefficient (Wildman–Crippen LogP) is 5.97. The van der Waals surface area contributed by atoms with E-state index in [0.717, 1.165) is 18.4 Å². The second kappa shape index (κ2) is 9.93. The first kappa shape index (κ1) is 24.5. The normalized spacial score (nSPS) is 16.9. The van der Waals surface area contributed by atoms with Crippen molar-refractivity contribution in [1.82, 2.24) is 4.57 Å². The van der Waals surface area contributed by atoms with Crippen molar-refractivity contribution in [3.05, 3.63) is 64.1 Å². The van der Waals surface area contributed by atoms with Crippen LogP contribution in [0.4, 0.5) is 23.2 Å². The highest BCUT2D eigenvalue weighted by Crippen LogP contribution is 2.42. The summed E-state index contributed by atoms with van der Waals surface area (Å²) < 4.78 is 57.7. The van der Waals surface area contributed by atoms with Gasteiger partial charge in [0, 0.05) is 48.0 Å². The lowest BCUT2D eigenvalue weighted by Gasteiger charge is -2.39. The number of piperidine rings is 1. The number of rotatable bonds is 7. The SMILES string of the molecule is NCc1ccc(F)c(C2CCCCN2c2ccc(Cl)c3c2c(C=O)cn3CCOC(F)(F)F)c1. The maximum atomic E-state index is 14.9. The molecule has 0 saturated carbocycles. The molecule has 4 rings (SSSR count). The van der Waals surface area contributed by atoms with Crippen molar-refractivity contribution in [2.45, 2.75) is 44.8 Å². The number of nitrogens with zero attached hydrogens (tertiary/aromatic N) is 2. The molecular formula is C24H24ClF4N3O2. The van der Waals surface area contributed by atoms with E-state index in [0.29, 0.717) is 52.0 Å². The number of aldehydes is 1. The number of hydrogen-bond donors (Lipinski definition) is 1. The van der Waals surface area contributed by atoms with E-state index in [1.165, 1.54) is 16.8 Å². The molecule has 0 radical (unpaired) electrons. The van der Waals surface area contributed by atoms with Crippen molar-refractivity contribution in [2.24, 2.45) is 5.73 Å². The highest BCUT2D eigenvalue weighted by atomic mass is 35.5. The van der Waals surface area contributed by atoms with Crippen LogP contribution in [0.25, 0.3) is 10.9 Å². The topological polar surface area (TPSA) is 60.5 Å². The molecule has 1 unspecified atom stereocenters. The zero-order valence-electron chi connectivity index (χ0n) is 18.2. The molecule has 1 aromatic heterocycles. The van der Waals surface area contributed by atoms with Crippen LogP contribution in [-0.2, 0) is 17.8 Å². The summed E-state index contributed by atoms with van der Waals surface area (Å²) in [5.41, 5.74) is 8.52. The van der Waals surface area contributed by atoms with E-state index in [9.17, 15) is 22.4 Å². The van der Waals surface area contributed by atoms with Crippen LogP contribution < -0.4 is 10.6 Å². The highest BCUT2D eigenvalue weighted by Gasteiger charge is 2.31. The number of aromatic nitrogens is 1. The van der Waals surface area contributed by atoms with Crippen LogP contribution in [-0.4, -0.2) is 30.4 Å². The van der Waals surface area contributed by atoms with Gasteiger partial charge in [0.05, 0.1) is 23.2 Å². The minimum Gasteiger partial charge on any atom is -0.364 e. The molecular weight excluding hydrogens is 474 g/mol. The van der Waals surface area contributed by atoms with Crippen molar-refractivity contribution in [3.8, 4) is 0 Å². The zero-order valence-corrected chi connectivity index (χ0v) is 19.0. The molecule has 0 aliphatic carbocycles. The quantitative estimate of drug-likeness (QED) is 0.322. The Morgan fingerprint density at radius 1 is 1.21 bits per heavy atom. The number of carbonyl (C=O) groups excluding carboxylic acids is 1. The van der Waals surface area contributed by atoms with Gasteiger partial charge in [-0.15, -0.1) is 13.2 Å². The first-order valence-corrected chi connectivity index (χ1v) is 11.3. The lowest BCUT2D eigenvalue weighted by atomic mass is 9.92. The van der Waals surface area contributed by atoms with E-state index in [1.807, 2.05) is 4.90 Å². The average Bonchev–Trinajstić information content (AvgIpc) is 3.18. The predicted molar refractivity (Wildman–Crippen MR) is 123 cm³/mol. The molecule has 2 aromatic carbocycles. The molecule has 1 atom stereocenters. The largest absolute Gasteiger partial charge is 0.522 e. The van der Waals surface area contributed by atoms with Crippen LogP contribution in [0.15, 0.2) is 36.5 Å². The molecule has 1 fully saturated rings. The molecule has 34 heavy (non-hydrogen) atoms. The van der Waals surface area contributed by atoms with Crippen LogP contribution in [0.5, 0.6) is 0 Å². The van der Waals surface area contributed by atoms with Gasteiger partial charge in [0.15, 0.2) is 6.29 Å². The number of benzene rings is 2. The Bertz CT molecular complexity index is 1200. The van der Waals surface area contributed by atoms with Crippen molar-refractivity contribution in [3.63, 3.8) is 0 Å². The smallest absolute Gasteiger partial charge is 0.364 e. The number of carbonyl (C=O) groups is 1. The molecule has 182 valence electrons. The molecule has 3 aromatic rings. The lowest BCUT2D eigenvalue weighted by molar-refractivity contribution is -0.325. The molecule has 5 nitrogen and oxygen atoms in total. The lowest BCUT2D eigenvalue weighted by Crippen LogP contribution is -2.34. The number of ether oxygens (including phenoxy) is 1. The van der Waals surface area contributed by atoms with Crippen LogP contribution in [0.3, 0.4) is 0 Å². The van der Waals surface area contributed by atoms with E-state index in [1.54, 1.807) is 24.3 Å². The molecule has 0 amide bonds. The number of hydrogen-bond acceptors (Lipinski definition) is 4. The van der Waals surface area contributed by atoms with Crippen molar-refractivity contribution in [2.75, 3.05) is 18.1 Å². The monoisotopic (exact) mass is 497 g/mol. The standard InChI is InChI=1S/C24H24ClF4N3O2/c25-18-5-7-21(22-16(14-33)13-31(23(18)22)9-10-34-24(27,28)29)32-8-2-1-3-20(32)17-11-15(12-30)4-6-19(17)26/h4-7,11,13-14,20H,1-3,8-10,12,30H2. The zero-order chi connectivity index (χ0) is 24.5.